The number of hydroxylamine groups is 1. The van der Waals surface area contributed by atoms with Crippen molar-refractivity contribution in [2.24, 2.45) is 5.41 Å². The molecule has 1 N–H and O–H groups in total. The topological polar surface area (TPSA) is 27.7 Å². The zero-order chi connectivity index (χ0) is 21.0. The van der Waals surface area contributed by atoms with Crippen molar-refractivity contribution in [3.63, 3.8) is 0 Å². The predicted molar refractivity (Wildman–Crippen MR) is 122 cm³/mol. The van der Waals surface area contributed by atoms with Crippen LogP contribution in [0.5, 0.6) is 0 Å². The lowest BCUT2D eigenvalue weighted by molar-refractivity contribution is -0.111. The Labute approximate surface area is 180 Å². The number of halogens is 1. The van der Waals surface area contributed by atoms with Gasteiger partial charge in [-0.15, -0.1) is 0 Å². The maximum absolute atomic E-state index is 6.15. The SMILES string of the molecule is C=C(C1=CC(NOC(CC)N2CCN(C)CC2)=CC(C)(C)C1)c1ccc(Cl)cc1. The number of likely N-dealkylation sites (N-methyl/N-ethyl adjacent to an activating group) is 1. The van der Waals surface area contributed by atoms with E-state index in [2.05, 4.69) is 61.8 Å². The molecular formula is C24H34ClN3O. The van der Waals surface area contributed by atoms with Crippen molar-refractivity contribution in [1.82, 2.24) is 15.3 Å². The van der Waals surface area contributed by atoms with E-state index in [0.29, 0.717) is 0 Å². The largest absolute Gasteiger partial charge is 0.304 e. The van der Waals surface area contributed by atoms with Crippen molar-refractivity contribution in [3.05, 3.63) is 64.9 Å². The Morgan fingerprint density at radius 2 is 1.86 bits per heavy atom. The predicted octanol–water partition coefficient (Wildman–Crippen LogP) is 5.10. The number of piperazine rings is 1. The van der Waals surface area contributed by atoms with E-state index in [1.807, 2.05) is 24.3 Å². The molecule has 29 heavy (non-hydrogen) atoms. The highest BCUT2D eigenvalue weighted by Crippen LogP contribution is 2.38. The van der Waals surface area contributed by atoms with E-state index in [1.54, 1.807) is 0 Å². The summed E-state index contributed by atoms with van der Waals surface area (Å²) < 4.78 is 0. The molecule has 3 rings (SSSR count). The average molecular weight is 416 g/mol. The Morgan fingerprint density at radius 1 is 1.21 bits per heavy atom. The summed E-state index contributed by atoms with van der Waals surface area (Å²) >= 11 is 6.04. The van der Waals surface area contributed by atoms with Gasteiger partial charge in [-0.05, 0) is 60.2 Å². The van der Waals surface area contributed by atoms with Gasteiger partial charge in [0.15, 0.2) is 0 Å². The van der Waals surface area contributed by atoms with Crippen molar-refractivity contribution in [1.29, 1.82) is 0 Å². The Kier molecular flexibility index (Phi) is 7.23. The summed E-state index contributed by atoms with van der Waals surface area (Å²) in [5.74, 6) is 0. The van der Waals surface area contributed by atoms with Crippen LogP contribution >= 0.6 is 11.6 Å². The van der Waals surface area contributed by atoms with Crippen LogP contribution in [0.1, 0.15) is 39.2 Å². The van der Waals surface area contributed by atoms with Crippen LogP contribution in [0.4, 0.5) is 0 Å². The highest BCUT2D eigenvalue weighted by Gasteiger charge is 2.26. The molecule has 0 spiro atoms. The summed E-state index contributed by atoms with van der Waals surface area (Å²) in [6.07, 6.45) is 6.38. The highest BCUT2D eigenvalue weighted by molar-refractivity contribution is 6.30. The van der Waals surface area contributed by atoms with Crippen LogP contribution in [0.3, 0.4) is 0 Å². The smallest absolute Gasteiger partial charge is 0.138 e. The average Bonchev–Trinajstić information content (AvgIpc) is 2.68. The molecule has 1 saturated heterocycles. The van der Waals surface area contributed by atoms with Crippen LogP contribution in [-0.4, -0.2) is 49.3 Å². The van der Waals surface area contributed by atoms with Gasteiger partial charge < -0.3 is 4.90 Å². The van der Waals surface area contributed by atoms with E-state index in [4.69, 9.17) is 16.4 Å². The minimum atomic E-state index is 0.0285. The fourth-order valence-corrected chi connectivity index (χ4v) is 4.12. The fraction of sp³-hybridized carbons (Fsp3) is 0.500. The van der Waals surface area contributed by atoms with Crippen LogP contribution in [0.15, 0.2) is 54.3 Å². The van der Waals surface area contributed by atoms with Gasteiger partial charge in [-0.25, -0.2) is 0 Å². The van der Waals surface area contributed by atoms with Crippen LogP contribution < -0.4 is 5.48 Å². The Balaban J connectivity index is 1.69. The molecular weight excluding hydrogens is 382 g/mol. The molecule has 2 aliphatic rings. The van der Waals surface area contributed by atoms with Crippen LogP contribution in [-0.2, 0) is 4.84 Å². The van der Waals surface area contributed by atoms with Crippen LogP contribution in [0, 0.1) is 5.41 Å². The van der Waals surface area contributed by atoms with E-state index >= 15 is 0 Å². The van der Waals surface area contributed by atoms with E-state index < -0.39 is 0 Å². The summed E-state index contributed by atoms with van der Waals surface area (Å²) in [7, 11) is 2.17. The minimum absolute atomic E-state index is 0.0285. The van der Waals surface area contributed by atoms with Gasteiger partial charge in [0.2, 0.25) is 0 Å². The number of benzene rings is 1. The molecule has 1 aromatic rings. The maximum atomic E-state index is 6.15. The third-order valence-corrected chi connectivity index (χ3v) is 5.96. The first-order valence-electron chi connectivity index (χ1n) is 10.5. The summed E-state index contributed by atoms with van der Waals surface area (Å²) in [5.41, 5.74) is 7.63. The number of hydrogen-bond acceptors (Lipinski definition) is 4. The molecule has 1 aliphatic heterocycles. The molecule has 1 atom stereocenters. The summed E-state index contributed by atoms with van der Waals surface area (Å²) in [6, 6.07) is 7.88. The molecule has 0 saturated carbocycles. The quantitative estimate of drug-likeness (QED) is 0.627. The Hall–Kier alpha value is -1.59. The molecule has 0 radical (unpaired) electrons. The molecule has 1 heterocycles. The van der Waals surface area contributed by atoms with Gasteiger partial charge in [-0.3, -0.25) is 15.2 Å². The summed E-state index contributed by atoms with van der Waals surface area (Å²) in [4.78, 5) is 10.9. The third kappa shape index (κ3) is 5.95. The minimum Gasteiger partial charge on any atom is -0.304 e. The molecule has 1 aliphatic carbocycles. The van der Waals surface area contributed by atoms with Crippen LogP contribution in [0.25, 0.3) is 5.57 Å². The molecule has 0 bridgehead atoms. The summed E-state index contributed by atoms with van der Waals surface area (Å²) in [6.45, 7) is 15.3. The monoisotopic (exact) mass is 415 g/mol. The van der Waals surface area contributed by atoms with Gasteiger partial charge in [0.25, 0.3) is 0 Å². The van der Waals surface area contributed by atoms with Crippen molar-refractivity contribution < 1.29 is 4.84 Å². The number of allylic oxidation sites excluding steroid dienone is 4. The second kappa shape index (κ2) is 9.48. The Morgan fingerprint density at radius 3 is 2.48 bits per heavy atom. The van der Waals surface area contributed by atoms with Gasteiger partial charge >= 0.3 is 0 Å². The van der Waals surface area contributed by atoms with Crippen LogP contribution in [0.2, 0.25) is 5.02 Å². The molecule has 1 unspecified atom stereocenters. The first kappa shape index (κ1) is 22.1. The normalized spacial score (nSPS) is 21.3. The number of nitrogens with zero attached hydrogens (tertiary/aromatic N) is 2. The van der Waals surface area contributed by atoms with Gasteiger partial charge in [-0.1, -0.05) is 57.2 Å². The molecule has 158 valence electrons. The lowest BCUT2D eigenvalue weighted by Gasteiger charge is -2.37. The van der Waals surface area contributed by atoms with Gasteiger partial charge in [0, 0.05) is 31.2 Å². The molecule has 1 aromatic carbocycles. The molecule has 1 fully saturated rings. The van der Waals surface area contributed by atoms with Crippen molar-refractivity contribution in [3.8, 4) is 0 Å². The molecule has 0 amide bonds. The zero-order valence-corrected chi connectivity index (χ0v) is 18.9. The number of rotatable bonds is 7. The maximum Gasteiger partial charge on any atom is 0.138 e. The second-order valence-electron chi connectivity index (χ2n) is 8.84. The zero-order valence-electron chi connectivity index (χ0n) is 18.2. The van der Waals surface area contributed by atoms with Gasteiger partial charge in [0.05, 0.1) is 5.70 Å². The third-order valence-electron chi connectivity index (χ3n) is 5.71. The molecule has 4 nitrogen and oxygen atoms in total. The standard InChI is InChI=1S/C24H34ClN3O/c1-6-23(28-13-11-27(5)12-14-28)29-26-22-15-20(16-24(3,4)17-22)18(2)19-7-9-21(25)10-8-19/h7-10,15,17,23,26H,2,6,11-14,16H2,1,3-5H3. The number of hydrogen-bond donors (Lipinski definition) is 1. The highest BCUT2D eigenvalue weighted by atomic mass is 35.5. The fourth-order valence-electron chi connectivity index (χ4n) is 3.99. The van der Waals surface area contributed by atoms with Crippen molar-refractivity contribution in [2.45, 2.75) is 39.8 Å². The summed E-state index contributed by atoms with van der Waals surface area (Å²) in [5, 5.41) is 0.740. The first-order valence-corrected chi connectivity index (χ1v) is 10.9. The van der Waals surface area contributed by atoms with E-state index in [9.17, 15) is 0 Å². The lowest BCUT2D eigenvalue weighted by atomic mass is 9.78. The van der Waals surface area contributed by atoms with Crippen molar-refractivity contribution in [2.75, 3.05) is 33.2 Å². The molecule has 5 heteroatoms. The van der Waals surface area contributed by atoms with Gasteiger partial charge in [0.1, 0.15) is 6.23 Å². The Bertz CT molecular complexity index is 774. The van der Waals surface area contributed by atoms with E-state index in [1.165, 1.54) is 5.57 Å². The molecule has 0 aromatic heterocycles. The van der Waals surface area contributed by atoms with Gasteiger partial charge in [-0.2, -0.15) is 0 Å². The van der Waals surface area contributed by atoms with E-state index in [0.717, 1.165) is 60.9 Å². The van der Waals surface area contributed by atoms with E-state index in [-0.39, 0.29) is 11.6 Å². The first-order chi connectivity index (χ1) is 13.8. The van der Waals surface area contributed by atoms with Crippen molar-refractivity contribution >= 4 is 17.2 Å². The second-order valence-corrected chi connectivity index (χ2v) is 9.28. The number of nitrogens with one attached hydrogen (secondary N) is 1. The lowest BCUT2D eigenvalue weighted by Crippen LogP contribution is -2.50.